The lowest BCUT2D eigenvalue weighted by atomic mass is 10.2. The number of fused-ring (bicyclic) bond motifs is 1. The van der Waals surface area contributed by atoms with Gasteiger partial charge in [-0.2, -0.15) is 9.50 Å². The van der Waals surface area contributed by atoms with Crippen molar-refractivity contribution in [2.75, 3.05) is 31.1 Å². The second-order valence-corrected chi connectivity index (χ2v) is 7.23. The minimum Gasteiger partial charge on any atom is -0.336 e. The molecule has 150 valence electrons. The fourth-order valence-electron chi connectivity index (χ4n) is 3.44. The first-order valence-corrected chi connectivity index (χ1v) is 9.85. The summed E-state index contributed by atoms with van der Waals surface area (Å²) in [6.45, 7) is 2.40. The van der Waals surface area contributed by atoms with Crippen LogP contribution in [0.4, 0.5) is 5.95 Å². The maximum atomic E-state index is 12.7. The van der Waals surface area contributed by atoms with Gasteiger partial charge in [-0.1, -0.05) is 11.6 Å². The van der Waals surface area contributed by atoms with Gasteiger partial charge in [-0.3, -0.25) is 9.78 Å². The van der Waals surface area contributed by atoms with Crippen LogP contribution >= 0.6 is 11.6 Å². The molecule has 1 fully saturated rings. The van der Waals surface area contributed by atoms with E-state index >= 15 is 0 Å². The Hall–Kier alpha value is -3.59. The quantitative estimate of drug-likeness (QED) is 0.469. The molecule has 1 aliphatic heterocycles. The fourth-order valence-corrected chi connectivity index (χ4v) is 3.56. The topological polar surface area (TPSA) is 92.4 Å². The number of amides is 1. The molecule has 0 saturated carbocycles. The van der Waals surface area contributed by atoms with Crippen LogP contribution in [0.15, 0.2) is 55.1 Å². The van der Waals surface area contributed by atoms with Gasteiger partial charge in [0, 0.05) is 56.5 Å². The summed E-state index contributed by atoms with van der Waals surface area (Å²) in [4.78, 5) is 33.6. The average Bonchev–Trinajstić information content (AvgIpc) is 3.24. The summed E-state index contributed by atoms with van der Waals surface area (Å²) in [6.07, 6.45) is 6.74. The van der Waals surface area contributed by atoms with Crippen molar-refractivity contribution in [3.05, 3.63) is 65.8 Å². The Morgan fingerprint density at radius 2 is 1.83 bits per heavy atom. The first-order chi connectivity index (χ1) is 14.7. The van der Waals surface area contributed by atoms with Crippen molar-refractivity contribution in [1.82, 2.24) is 34.4 Å². The minimum atomic E-state index is -0.0534. The van der Waals surface area contributed by atoms with Gasteiger partial charge in [0.1, 0.15) is 5.15 Å². The number of hydrogen-bond donors (Lipinski definition) is 0. The van der Waals surface area contributed by atoms with E-state index in [2.05, 4.69) is 29.9 Å². The third-order valence-electron chi connectivity index (χ3n) is 5.01. The van der Waals surface area contributed by atoms with Crippen molar-refractivity contribution < 1.29 is 4.79 Å². The molecular weight excluding hydrogens is 404 g/mol. The zero-order valence-electron chi connectivity index (χ0n) is 15.9. The minimum absolute atomic E-state index is 0.0534. The molecule has 4 aromatic heterocycles. The van der Waals surface area contributed by atoms with Gasteiger partial charge in [-0.05, 0) is 30.3 Å². The van der Waals surface area contributed by atoms with E-state index in [4.69, 9.17) is 11.6 Å². The summed E-state index contributed by atoms with van der Waals surface area (Å²) >= 11 is 5.81. The van der Waals surface area contributed by atoms with Crippen LogP contribution in [0.5, 0.6) is 0 Å². The lowest BCUT2D eigenvalue weighted by Crippen LogP contribution is -2.49. The molecular formula is C20H17ClN8O. The Morgan fingerprint density at radius 1 is 0.967 bits per heavy atom. The summed E-state index contributed by atoms with van der Waals surface area (Å²) in [5.74, 6) is 1.07. The van der Waals surface area contributed by atoms with E-state index in [0.29, 0.717) is 48.6 Å². The van der Waals surface area contributed by atoms with E-state index < -0.39 is 0 Å². The number of hydrogen-bond acceptors (Lipinski definition) is 7. The number of carbonyl (C=O) groups is 1. The van der Waals surface area contributed by atoms with Crippen LogP contribution in [0.2, 0.25) is 5.15 Å². The molecule has 0 radical (unpaired) electrons. The van der Waals surface area contributed by atoms with Crippen LogP contribution in [0, 0.1) is 0 Å². The van der Waals surface area contributed by atoms with Gasteiger partial charge >= 0.3 is 0 Å². The Bertz CT molecular complexity index is 1190. The Labute approximate surface area is 177 Å². The molecule has 0 bridgehead atoms. The van der Waals surface area contributed by atoms with E-state index in [1.807, 2.05) is 18.2 Å². The van der Waals surface area contributed by atoms with Crippen LogP contribution in [0.3, 0.4) is 0 Å². The number of pyridine rings is 2. The third-order valence-corrected chi connectivity index (χ3v) is 5.23. The molecule has 4 aromatic rings. The lowest BCUT2D eigenvalue weighted by Gasteiger charge is -2.34. The summed E-state index contributed by atoms with van der Waals surface area (Å²) in [7, 11) is 0. The molecule has 0 N–H and O–H groups in total. The zero-order chi connectivity index (χ0) is 20.5. The van der Waals surface area contributed by atoms with Gasteiger partial charge < -0.3 is 9.80 Å². The van der Waals surface area contributed by atoms with Crippen LogP contribution in [0.25, 0.3) is 17.0 Å². The highest BCUT2D eigenvalue weighted by Gasteiger charge is 2.25. The van der Waals surface area contributed by atoms with Gasteiger partial charge in [0.25, 0.3) is 11.7 Å². The molecule has 10 heteroatoms. The first-order valence-electron chi connectivity index (χ1n) is 9.47. The van der Waals surface area contributed by atoms with Crippen molar-refractivity contribution in [2.24, 2.45) is 0 Å². The number of carbonyl (C=O) groups excluding carboxylic acids is 1. The molecule has 0 aromatic carbocycles. The summed E-state index contributed by atoms with van der Waals surface area (Å²) in [5.41, 5.74) is 2.34. The second-order valence-electron chi connectivity index (χ2n) is 6.84. The van der Waals surface area contributed by atoms with Crippen LogP contribution < -0.4 is 4.90 Å². The van der Waals surface area contributed by atoms with Gasteiger partial charge in [-0.25, -0.2) is 9.97 Å². The van der Waals surface area contributed by atoms with Crippen molar-refractivity contribution in [2.45, 2.75) is 0 Å². The predicted molar refractivity (Wildman–Crippen MR) is 111 cm³/mol. The van der Waals surface area contributed by atoms with E-state index in [-0.39, 0.29) is 5.91 Å². The van der Waals surface area contributed by atoms with E-state index in [0.717, 1.165) is 11.3 Å². The third kappa shape index (κ3) is 3.43. The number of nitrogens with zero attached hydrogens (tertiary/aromatic N) is 8. The maximum Gasteiger partial charge on any atom is 0.255 e. The molecule has 0 aliphatic carbocycles. The number of anilines is 1. The Morgan fingerprint density at radius 3 is 2.57 bits per heavy atom. The highest BCUT2D eigenvalue weighted by molar-refractivity contribution is 6.29. The lowest BCUT2D eigenvalue weighted by molar-refractivity contribution is 0.0746. The molecule has 1 aliphatic rings. The normalized spacial score (nSPS) is 14.3. The molecule has 30 heavy (non-hydrogen) atoms. The van der Waals surface area contributed by atoms with Crippen LogP contribution in [0.1, 0.15) is 10.4 Å². The fraction of sp³-hybridized carbons (Fsp3) is 0.200. The van der Waals surface area contributed by atoms with E-state index in [1.165, 1.54) is 6.20 Å². The average molecular weight is 421 g/mol. The zero-order valence-corrected chi connectivity index (χ0v) is 16.6. The molecule has 0 spiro atoms. The molecule has 1 amide bonds. The highest BCUT2D eigenvalue weighted by atomic mass is 35.5. The van der Waals surface area contributed by atoms with Crippen molar-refractivity contribution in [3.8, 4) is 11.3 Å². The van der Waals surface area contributed by atoms with Crippen molar-refractivity contribution in [1.29, 1.82) is 0 Å². The maximum absolute atomic E-state index is 12.7. The second kappa shape index (κ2) is 7.68. The van der Waals surface area contributed by atoms with E-state index in [1.54, 1.807) is 40.1 Å². The summed E-state index contributed by atoms with van der Waals surface area (Å²) < 4.78 is 1.73. The molecule has 5 rings (SSSR count). The SMILES string of the molecule is O=C(c1ccc(Cl)nc1)N1CCN(c2nc3nccc(-c4cccnc4)n3n2)CC1. The Kier molecular flexibility index (Phi) is 4.72. The predicted octanol–water partition coefficient (Wildman–Crippen LogP) is 2.20. The molecule has 0 atom stereocenters. The van der Waals surface area contributed by atoms with Crippen molar-refractivity contribution >= 4 is 29.2 Å². The molecule has 0 unspecified atom stereocenters. The smallest absolute Gasteiger partial charge is 0.255 e. The molecule has 1 saturated heterocycles. The van der Waals surface area contributed by atoms with Gasteiger partial charge in [0.15, 0.2) is 0 Å². The monoisotopic (exact) mass is 420 g/mol. The van der Waals surface area contributed by atoms with Gasteiger partial charge in [0.2, 0.25) is 5.95 Å². The van der Waals surface area contributed by atoms with Crippen LogP contribution in [-0.4, -0.2) is 66.5 Å². The number of piperazine rings is 1. The van der Waals surface area contributed by atoms with Crippen molar-refractivity contribution in [3.63, 3.8) is 0 Å². The Balaban J connectivity index is 1.34. The molecule has 9 nitrogen and oxygen atoms in total. The van der Waals surface area contributed by atoms with Gasteiger partial charge in [0.05, 0.1) is 11.3 Å². The largest absolute Gasteiger partial charge is 0.336 e. The van der Waals surface area contributed by atoms with E-state index in [9.17, 15) is 4.79 Å². The summed E-state index contributed by atoms with van der Waals surface area (Å²) in [6, 6.07) is 9.06. The van der Waals surface area contributed by atoms with Gasteiger partial charge in [-0.15, -0.1) is 5.10 Å². The van der Waals surface area contributed by atoms with Crippen LogP contribution in [-0.2, 0) is 0 Å². The first kappa shape index (κ1) is 18.4. The summed E-state index contributed by atoms with van der Waals surface area (Å²) in [5, 5.41) is 5.03. The number of halogens is 1. The molecule has 5 heterocycles. The number of rotatable bonds is 3. The highest BCUT2D eigenvalue weighted by Crippen LogP contribution is 2.20. The standard InChI is InChI=1S/C20H17ClN8O/c21-17-4-3-15(13-24-17)18(30)27-8-10-28(11-9-27)20-25-19-23-7-5-16(29(19)26-20)14-2-1-6-22-12-14/h1-7,12-13H,8-11H2. The number of aromatic nitrogens is 6.